The molecule has 40 heavy (non-hydrogen) atoms. The first kappa shape index (κ1) is 25.5. The SMILES string of the molecule is CCOc1ccc([C@@H]2C(C(=O)Nc3ccccc3)=C(C)N=c3s/c(=C\c4cccc5ccccc45)c(=O)n32)cc1. The Morgan fingerprint density at radius 3 is 2.48 bits per heavy atom. The highest BCUT2D eigenvalue weighted by molar-refractivity contribution is 7.07. The van der Waals surface area contributed by atoms with Crippen molar-refractivity contribution in [1.29, 1.82) is 0 Å². The smallest absolute Gasteiger partial charge is 0.271 e. The molecule has 0 saturated carbocycles. The maximum absolute atomic E-state index is 14.0. The van der Waals surface area contributed by atoms with E-state index in [2.05, 4.69) is 23.5 Å². The lowest BCUT2D eigenvalue weighted by Gasteiger charge is -2.25. The molecule has 6 rings (SSSR count). The van der Waals surface area contributed by atoms with Crippen molar-refractivity contribution in [3.8, 4) is 5.75 Å². The van der Waals surface area contributed by atoms with Gasteiger partial charge >= 0.3 is 0 Å². The van der Waals surface area contributed by atoms with E-state index < -0.39 is 6.04 Å². The molecule has 1 aliphatic rings. The number of fused-ring (bicyclic) bond motifs is 2. The Balaban J connectivity index is 1.52. The summed E-state index contributed by atoms with van der Waals surface area (Å²) < 4.78 is 7.84. The van der Waals surface area contributed by atoms with Gasteiger partial charge in [0.15, 0.2) is 4.80 Å². The predicted octanol–water partition coefficient (Wildman–Crippen LogP) is 5.43. The number of hydrogen-bond donors (Lipinski definition) is 1. The molecule has 0 radical (unpaired) electrons. The molecule has 6 nitrogen and oxygen atoms in total. The largest absolute Gasteiger partial charge is 0.494 e. The Morgan fingerprint density at radius 1 is 0.975 bits per heavy atom. The van der Waals surface area contributed by atoms with E-state index in [1.807, 2.05) is 98.8 Å². The van der Waals surface area contributed by atoms with Gasteiger partial charge in [0.2, 0.25) is 0 Å². The fourth-order valence-corrected chi connectivity index (χ4v) is 6.12. The zero-order valence-corrected chi connectivity index (χ0v) is 22.9. The van der Waals surface area contributed by atoms with E-state index in [4.69, 9.17) is 9.73 Å². The Labute approximate surface area is 235 Å². The van der Waals surface area contributed by atoms with Crippen molar-refractivity contribution < 1.29 is 9.53 Å². The van der Waals surface area contributed by atoms with Crippen LogP contribution in [0.4, 0.5) is 5.69 Å². The lowest BCUT2D eigenvalue weighted by molar-refractivity contribution is -0.113. The number of carbonyl (C=O) groups excluding carboxylic acids is 1. The monoisotopic (exact) mass is 545 g/mol. The molecular formula is C33H27N3O3S. The molecule has 1 N–H and O–H groups in total. The number of nitrogens with one attached hydrogen (secondary N) is 1. The Morgan fingerprint density at radius 2 is 1.70 bits per heavy atom. The van der Waals surface area contributed by atoms with Gasteiger partial charge in [0.05, 0.1) is 28.5 Å². The molecule has 0 unspecified atom stereocenters. The molecular weight excluding hydrogens is 518 g/mol. The molecule has 0 saturated heterocycles. The number of anilines is 1. The maximum Gasteiger partial charge on any atom is 0.271 e. The lowest BCUT2D eigenvalue weighted by atomic mass is 9.95. The number of thiazole rings is 1. The number of para-hydroxylation sites is 1. The van der Waals surface area contributed by atoms with Gasteiger partial charge in [-0.2, -0.15) is 0 Å². The molecule has 7 heteroatoms. The first-order valence-corrected chi connectivity index (χ1v) is 13.9. The van der Waals surface area contributed by atoms with Gasteiger partial charge in [-0.3, -0.25) is 14.2 Å². The van der Waals surface area contributed by atoms with Crippen LogP contribution in [-0.2, 0) is 4.79 Å². The van der Waals surface area contributed by atoms with Gasteiger partial charge in [0, 0.05) is 5.69 Å². The fraction of sp³-hybridized carbons (Fsp3) is 0.121. The average molecular weight is 546 g/mol. The topological polar surface area (TPSA) is 72.7 Å². The number of rotatable bonds is 6. The molecule has 1 atom stereocenters. The van der Waals surface area contributed by atoms with Crippen LogP contribution in [0.25, 0.3) is 16.8 Å². The van der Waals surface area contributed by atoms with Crippen LogP contribution in [0.5, 0.6) is 5.75 Å². The second-order valence-corrected chi connectivity index (χ2v) is 10.5. The number of nitrogens with zero attached hydrogens (tertiary/aromatic N) is 2. The van der Waals surface area contributed by atoms with E-state index in [9.17, 15) is 9.59 Å². The second-order valence-electron chi connectivity index (χ2n) is 9.47. The minimum Gasteiger partial charge on any atom is -0.494 e. The Kier molecular flexibility index (Phi) is 6.88. The molecule has 0 aliphatic carbocycles. The van der Waals surface area contributed by atoms with E-state index in [1.54, 1.807) is 4.57 Å². The molecule has 198 valence electrons. The number of benzene rings is 4. The fourth-order valence-electron chi connectivity index (χ4n) is 5.08. The van der Waals surface area contributed by atoms with Gasteiger partial charge in [-0.1, -0.05) is 84.1 Å². The van der Waals surface area contributed by atoms with Crippen LogP contribution in [0.1, 0.15) is 31.0 Å². The summed E-state index contributed by atoms with van der Waals surface area (Å²) in [6.07, 6.45) is 1.92. The van der Waals surface area contributed by atoms with Crippen LogP contribution in [0, 0.1) is 0 Å². The molecule has 0 fully saturated rings. The van der Waals surface area contributed by atoms with Gasteiger partial charge in [-0.05, 0) is 66.1 Å². The molecule has 0 bridgehead atoms. The summed E-state index contributed by atoms with van der Waals surface area (Å²) in [4.78, 5) is 33.1. The summed E-state index contributed by atoms with van der Waals surface area (Å²) in [7, 11) is 0. The highest BCUT2D eigenvalue weighted by Gasteiger charge is 2.32. The summed E-state index contributed by atoms with van der Waals surface area (Å²) in [5.74, 6) is 0.431. The zero-order valence-electron chi connectivity index (χ0n) is 22.1. The summed E-state index contributed by atoms with van der Waals surface area (Å²) in [6, 6.07) is 30.4. The van der Waals surface area contributed by atoms with Gasteiger partial charge in [-0.25, -0.2) is 4.99 Å². The molecule has 1 amide bonds. The van der Waals surface area contributed by atoms with Crippen molar-refractivity contribution >= 4 is 39.8 Å². The summed E-state index contributed by atoms with van der Waals surface area (Å²) >= 11 is 1.33. The van der Waals surface area contributed by atoms with E-state index in [0.717, 1.165) is 27.6 Å². The number of allylic oxidation sites excluding steroid dienone is 1. The van der Waals surface area contributed by atoms with Crippen LogP contribution in [-0.4, -0.2) is 17.1 Å². The third kappa shape index (κ3) is 4.76. The summed E-state index contributed by atoms with van der Waals surface area (Å²) in [6.45, 7) is 4.30. The highest BCUT2D eigenvalue weighted by atomic mass is 32.1. The van der Waals surface area contributed by atoms with Gasteiger partial charge in [-0.15, -0.1) is 0 Å². The standard InChI is InChI=1S/C33H27N3O3S/c1-3-39-26-18-16-23(17-19-26)30-29(31(37)35-25-13-5-4-6-14-25)21(2)34-33-36(30)32(38)28(40-33)20-24-12-9-11-22-10-7-8-15-27(22)24/h4-20,30H,3H2,1-2H3,(H,35,37)/b28-20-/t30-/m1/s1. The van der Waals surface area contributed by atoms with Crippen molar-refractivity contribution in [1.82, 2.24) is 4.57 Å². The van der Waals surface area contributed by atoms with Gasteiger partial charge in [0.1, 0.15) is 5.75 Å². The van der Waals surface area contributed by atoms with Crippen molar-refractivity contribution in [2.24, 2.45) is 4.99 Å². The van der Waals surface area contributed by atoms with Crippen molar-refractivity contribution in [3.63, 3.8) is 0 Å². The number of amides is 1. The minimum atomic E-state index is -0.648. The Bertz CT molecular complexity index is 1930. The highest BCUT2D eigenvalue weighted by Crippen LogP contribution is 2.32. The molecule has 1 aromatic heterocycles. The normalized spacial score (nSPS) is 15.1. The van der Waals surface area contributed by atoms with E-state index >= 15 is 0 Å². The minimum absolute atomic E-state index is 0.187. The van der Waals surface area contributed by atoms with Crippen molar-refractivity contribution in [2.45, 2.75) is 19.9 Å². The quantitative estimate of drug-likeness (QED) is 0.310. The predicted molar refractivity (Wildman–Crippen MR) is 160 cm³/mol. The molecule has 1 aliphatic heterocycles. The third-order valence-electron chi connectivity index (χ3n) is 6.91. The van der Waals surface area contributed by atoms with Crippen molar-refractivity contribution in [3.05, 3.63) is 139 Å². The lowest BCUT2D eigenvalue weighted by Crippen LogP contribution is -2.40. The first-order valence-electron chi connectivity index (χ1n) is 13.1. The first-order chi connectivity index (χ1) is 19.5. The number of hydrogen-bond acceptors (Lipinski definition) is 5. The molecule has 0 spiro atoms. The number of aromatic nitrogens is 1. The van der Waals surface area contributed by atoms with Gasteiger partial charge in [0.25, 0.3) is 11.5 Å². The van der Waals surface area contributed by atoms with Crippen LogP contribution >= 0.6 is 11.3 Å². The third-order valence-corrected chi connectivity index (χ3v) is 7.90. The van der Waals surface area contributed by atoms with E-state index in [0.29, 0.717) is 32.9 Å². The van der Waals surface area contributed by atoms with Crippen LogP contribution < -0.4 is 24.9 Å². The van der Waals surface area contributed by atoms with E-state index in [-0.39, 0.29) is 11.5 Å². The van der Waals surface area contributed by atoms with Crippen LogP contribution in [0.2, 0.25) is 0 Å². The average Bonchev–Trinajstić information content (AvgIpc) is 3.27. The maximum atomic E-state index is 14.0. The summed E-state index contributed by atoms with van der Waals surface area (Å²) in [5.41, 5.74) is 3.25. The van der Waals surface area contributed by atoms with Crippen LogP contribution in [0.3, 0.4) is 0 Å². The molecule has 2 heterocycles. The number of carbonyl (C=O) groups is 1. The second kappa shape index (κ2) is 10.8. The molecule has 5 aromatic rings. The van der Waals surface area contributed by atoms with Gasteiger partial charge < -0.3 is 10.1 Å². The summed E-state index contributed by atoms with van der Waals surface area (Å²) in [5, 5.41) is 5.16. The van der Waals surface area contributed by atoms with E-state index in [1.165, 1.54) is 11.3 Å². The molecule has 4 aromatic carbocycles. The zero-order chi connectivity index (χ0) is 27.6. The van der Waals surface area contributed by atoms with Crippen molar-refractivity contribution in [2.75, 3.05) is 11.9 Å². The Hall–Kier alpha value is -4.75. The number of ether oxygens (including phenoxy) is 1. The van der Waals surface area contributed by atoms with Crippen LogP contribution in [0.15, 0.2) is 118 Å².